The minimum Gasteiger partial charge on any atom is -0.481 e. The van der Waals surface area contributed by atoms with E-state index in [9.17, 15) is 18.0 Å². The van der Waals surface area contributed by atoms with Gasteiger partial charge in [0.1, 0.15) is 17.0 Å². The second-order valence-electron chi connectivity index (χ2n) is 8.21. The minimum atomic E-state index is -4.44. The van der Waals surface area contributed by atoms with E-state index >= 15 is 0 Å². The molecule has 0 aliphatic carbocycles. The lowest BCUT2D eigenvalue weighted by Gasteiger charge is -2.21. The van der Waals surface area contributed by atoms with Crippen LogP contribution < -0.4 is 10.1 Å². The van der Waals surface area contributed by atoms with Gasteiger partial charge in [0.05, 0.1) is 23.3 Å². The van der Waals surface area contributed by atoms with Gasteiger partial charge in [-0.15, -0.1) is 11.3 Å². The number of nitrogens with one attached hydrogen (secondary N) is 1. The molecular weight excluding hydrogens is 491 g/mol. The van der Waals surface area contributed by atoms with E-state index in [1.54, 1.807) is 55.4 Å². The zero-order valence-corrected chi connectivity index (χ0v) is 20.7. The first-order valence-corrected chi connectivity index (χ1v) is 11.8. The van der Waals surface area contributed by atoms with Gasteiger partial charge in [0.2, 0.25) is 5.88 Å². The third-order valence-electron chi connectivity index (χ3n) is 5.77. The Kier molecular flexibility index (Phi) is 7.39. The van der Waals surface area contributed by atoms with Crippen LogP contribution in [-0.2, 0) is 6.54 Å². The van der Waals surface area contributed by atoms with Crippen molar-refractivity contribution in [3.8, 4) is 5.88 Å². The highest BCUT2D eigenvalue weighted by atomic mass is 32.1. The average Bonchev–Trinajstić information content (AvgIpc) is 3.20. The molecule has 0 fully saturated rings. The third-order valence-corrected chi connectivity index (χ3v) is 6.95. The summed E-state index contributed by atoms with van der Waals surface area (Å²) in [7, 11) is 3.20. The van der Waals surface area contributed by atoms with E-state index in [4.69, 9.17) is 4.74 Å². The summed E-state index contributed by atoms with van der Waals surface area (Å²) in [6.07, 6.45) is -1.55. The van der Waals surface area contributed by atoms with Crippen molar-refractivity contribution in [2.45, 2.75) is 25.6 Å². The number of fused-ring (bicyclic) bond motifs is 1. The second-order valence-corrected chi connectivity index (χ2v) is 9.21. The SMILES string of the molecule is COc1cc(CN(C)C(=O)c2sc3ncnc(NCC(c4ccccc4)C(F)(F)F)c3c2C)ccn1. The van der Waals surface area contributed by atoms with E-state index in [-0.39, 0.29) is 17.3 Å². The molecular formula is C25H24F3N5O2S. The summed E-state index contributed by atoms with van der Waals surface area (Å²) in [5.41, 5.74) is 1.62. The van der Waals surface area contributed by atoms with Crippen LogP contribution in [0.3, 0.4) is 0 Å². The smallest absolute Gasteiger partial charge is 0.397 e. The normalized spacial score (nSPS) is 12.4. The Hall–Kier alpha value is -3.73. The van der Waals surface area contributed by atoms with Gasteiger partial charge in [-0.25, -0.2) is 15.0 Å². The van der Waals surface area contributed by atoms with Crippen molar-refractivity contribution in [1.82, 2.24) is 19.9 Å². The lowest BCUT2D eigenvalue weighted by molar-refractivity contribution is -0.147. The van der Waals surface area contributed by atoms with Gasteiger partial charge in [-0.1, -0.05) is 30.3 Å². The maximum absolute atomic E-state index is 13.8. The number of hydrogen-bond donors (Lipinski definition) is 1. The number of carbonyl (C=O) groups excluding carboxylic acids is 1. The Balaban J connectivity index is 1.58. The molecule has 1 unspecified atom stereocenters. The number of carbonyl (C=O) groups is 1. The molecule has 4 rings (SSSR count). The Morgan fingerprint density at radius 3 is 2.61 bits per heavy atom. The molecule has 36 heavy (non-hydrogen) atoms. The Labute approximate surface area is 210 Å². The number of thiophene rings is 1. The Bertz CT molecular complexity index is 1360. The molecule has 1 N–H and O–H groups in total. The molecule has 3 aromatic heterocycles. The maximum atomic E-state index is 13.8. The summed E-state index contributed by atoms with van der Waals surface area (Å²) in [5.74, 6) is -1.23. The van der Waals surface area contributed by atoms with Gasteiger partial charge in [0, 0.05) is 32.4 Å². The van der Waals surface area contributed by atoms with Gasteiger partial charge in [-0.2, -0.15) is 13.2 Å². The Morgan fingerprint density at radius 2 is 1.92 bits per heavy atom. The van der Waals surface area contributed by atoms with Gasteiger partial charge in [-0.05, 0) is 29.7 Å². The number of aromatic nitrogens is 3. The van der Waals surface area contributed by atoms with Crippen LogP contribution >= 0.6 is 11.3 Å². The molecule has 0 saturated carbocycles. The number of alkyl halides is 3. The predicted octanol–water partition coefficient (Wildman–Crippen LogP) is 5.43. The van der Waals surface area contributed by atoms with Crippen LogP contribution in [-0.4, -0.2) is 52.6 Å². The quantitative estimate of drug-likeness (QED) is 0.337. The predicted molar refractivity (Wildman–Crippen MR) is 132 cm³/mol. The molecule has 0 radical (unpaired) electrons. The monoisotopic (exact) mass is 515 g/mol. The molecule has 11 heteroatoms. The maximum Gasteiger partial charge on any atom is 0.397 e. The molecule has 1 amide bonds. The lowest BCUT2D eigenvalue weighted by Crippen LogP contribution is -2.28. The first-order valence-electron chi connectivity index (χ1n) is 11.0. The molecule has 0 saturated heterocycles. The number of anilines is 1. The number of aryl methyl sites for hydroxylation is 1. The van der Waals surface area contributed by atoms with Crippen molar-refractivity contribution in [1.29, 1.82) is 0 Å². The number of halogens is 3. The van der Waals surface area contributed by atoms with Gasteiger partial charge in [0.25, 0.3) is 5.91 Å². The van der Waals surface area contributed by atoms with Crippen molar-refractivity contribution >= 4 is 33.3 Å². The first kappa shape index (κ1) is 25.4. The largest absolute Gasteiger partial charge is 0.481 e. The van der Waals surface area contributed by atoms with Crippen LogP contribution in [0.15, 0.2) is 55.0 Å². The van der Waals surface area contributed by atoms with E-state index in [0.717, 1.165) is 5.56 Å². The fourth-order valence-corrected chi connectivity index (χ4v) is 5.04. The van der Waals surface area contributed by atoms with E-state index < -0.39 is 18.6 Å². The van der Waals surface area contributed by atoms with E-state index in [1.807, 2.05) is 0 Å². The lowest BCUT2D eigenvalue weighted by atomic mass is 9.98. The molecule has 1 aromatic carbocycles. The molecule has 0 aliphatic heterocycles. The number of pyridine rings is 1. The Morgan fingerprint density at radius 1 is 1.17 bits per heavy atom. The van der Waals surface area contributed by atoms with Gasteiger partial charge in [-0.3, -0.25) is 4.79 Å². The van der Waals surface area contributed by atoms with Crippen LogP contribution in [0.4, 0.5) is 19.0 Å². The van der Waals surface area contributed by atoms with Crippen LogP contribution in [0.1, 0.15) is 32.3 Å². The molecule has 7 nitrogen and oxygen atoms in total. The molecule has 3 heterocycles. The molecule has 1 atom stereocenters. The molecule has 4 aromatic rings. The summed E-state index contributed by atoms with van der Waals surface area (Å²) in [6.45, 7) is 1.68. The zero-order chi connectivity index (χ0) is 25.9. The number of amides is 1. The molecule has 0 spiro atoms. The van der Waals surface area contributed by atoms with Crippen molar-refractivity contribution in [3.05, 3.63) is 76.6 Å². The first-order chi connectivity index (χ1) is 17.2. The number of rotatable bonds is 8. The summed E-state index contributed by atoms with van der Waals surface area (Å²) in [4.78, 5) is 28.3. The van der Waals surface area contributed by atoms with Crippen molar-refractivity contribution in [3.63, 3.8) is 0 Å². The topological polar surface area (TPSA) is 80.2 Å². The number of benzene rings is 1. The van der Waals surface area contributed by atoms with E-state index in [2.05, 4.69) is 20.3 Å². The van der Waals surface area contributed by atoms with Crippen LogP contribution in [0, 0.1) is 6.92 Å². The molecule has 0 bridgehead atoms. The van der Waals surface area contributed by atoms with E-state index in [0.29, 0.717) is 33.1 Å². The van der Waals surface area contributed by atoms with Crippen LogP contribution in [0.5, 0.6) is 5.88 Å². The number of ether oxygens (including phenoxy) is 1. The van der Waals surface area contributed by atoms with Crippen molar-refractivity contribution < 1.29 is 22.7 Å². The van der Waals surface area contributed by atoms with Crippen LogP contribution in [0.2, 0.25) is 0 Å². The minimum absolute atomic E-state index is 0.162. The highest BCUT2D eigenvalue weighted by molar-refractivity contribution is 7.20. The zero-order valence-electron chi connectivity index (χ0n) is 19.8. The highest BCUT2D eigenvalue weighted by Gasteiger charge is 2.40. The van der Waals surface area contributed by atoms with Crippen molar-refractivity contribution in [2.75, 3.05) is 26.0 Å². The summed E-state index contributed by atoms with van der Waals surface area (Å²) in [5, 5.41) is 3.40. The highest BCUT2D eigenvalue weighted by Crippen LogP contribution is 2.37. The summed E-state index contributed by atoms with van der Waals surface area (Å²) < 4.78 is 46.5. The fraction of sp³-hybridized carbons (Fsp3) is 0.280. The number of methoxy groups -OCH3 is 1. The van der Waals surface area contributed by atoms with Gasteiger partial charge >= 0.3 is 6.18 Å². The third kappa shape index (κ3) is 5.40. The second kappa shape index (κ2) is 10.5. The van der Waals surface area contributed by atoms with Crippen LogP contribution in [0.25, 0.3) is 10.2 Å². The van der Waals surface area contributed by atoms with Gasteiger partial charge < -0.3 is 15.0 Å². The standard InChI is InChI=1S/C25H24F3N5O2S/c1-15-20-22(30-12-18(25(26,27)28)17-7-5-4-6-8-17)31-14-32-23(20)36-21(15)24(34)33(2)13-16-9-10-29-19(11-16)35-3/h4-11,14,18H,12-13H2,1-3H3,(H,30,31,32). The van der Waals surface area contributed by atoms with Crippen molar-refractivity contribution in [2.24, 2.45) is 0 Å². The summed E-state index contributed by atoms with van der Waals surface area (Å²) >= 11 is 1.19. The number of hydrogen-bond acceptors (Lipinski definition) is 7. The number of nitrogens with zero attached hydrogens (tertiary/aromatic N) is 4. The fourth-order valence-electron chi connectivity index (χ4n) is 3.90. The van der Waals surface area contributed by atoms with Gasteiger partial charge in [0.15, 0.2) is 0 Å². The summed E-state index contributed by atoms with van der Waals surface area (Å²) in [6, 6.07) is 11.3. The molecule has 0 aliphatic rings. The molecule has 188 valence electrons. The van der Waals surface area contributed by atoms with E-state index in [1.165, 1.54) is 36.9 Å². The average molecular weight is 516 g/mol.